The summed E-state index contributed by atoms with van der Waals surface area (Å²) in [7, 11) is 1.71. The number of benzene rings is 2. The SMILES string of the molecule is CNc1nc(-c2c(F)ccc(C)c2F)nc2ccccc12. The Kier molecular flexibility index (Phi) is 3.25. The second-order valence-corrected chi connectivity index (χ2v) is 4.72. The molecular formula is C16H13F2N3. The van der Waals surface area contributed by atoms with E-state index in [1.54, 1.807) is 20.0 Å². The van der Waals surface area contributed by atoms with Gasteiger partial charge in [-0.05, 0) is 30.7 Å². The lowest BCUT2D eigenvalue weighted by Gasteiger charge is -2.10. The van der Waals surface area contributed by atoms with E-state index < -0.39 is 11.6 Å². The fourth-order valence-electron chi connectivity index (χ4n) is 2.24. The number of fused-ring (bicyclic) bond motifs is 1. The van der Waals surface area contributed by atoms with Gasteiger partial charge >= 0.3 is 0 Å². The van der Waals surface area contributed by atoms with Crippen molar-refractivity contribution in [3.05, 3.63) is 53.6 Å². The quantitative estimate of drug-likeness (QED) is 0.775. The predicted octanol–water partition coefficient (Wildman–Crippen LogP) is 3.93. The molecule has 0 aliphatic rings. The highest BCUT2D eigenvalue weighted by Crippen LogP contribution is 2.29. The maximum Gasteiger partial charge on any atom is 0.168 e. The Labute approximate surface area is 120 Å². The Hall–Kier alpha value is -2.56. The molecule has 0 bridgehead atoms. The maximum atomic E-state index is 14.2. The minimum atomic E-state index is -0.671. The summed E-state index contributed by atoms with van der Waals surface area (Å²) >= 11 is 0. The molecule has 3 aromatic rings. The van der Waals surface area contributed by atoms with Crippen LogP contribution in [-0.4, -0.2) is 17.0 Å². The molecule has 0 atom stereocenters. The van der Waals surface area contributed by atoms with Crippen LogP contribution in [0.5, 0.6) is 0 Å². The number of para-hydroxylation sites is 1. The van der Waals surface area contributed by atoms with Gasteiger partial charge in [0.15, 0.2) is 5.82 Å². The normalized spacial score (nSPS) is 10.9. The zero-order valence-corrected chi connectivity index (χ0v) is 11.6. The molecule has 0 radical (unpaired) electrons. The molecule has 5 heteroatoms. The molecule has 106 valence electrons. The molecule has 2 aromatic carbocycles. The van der Waals surface area contributed by atoms with Crippen LogP contribution in [0.15, 0.2) is 36.4 Å². The molecule has 1 aromatic heterocycles. The first-order valence-corrected chi connectivity index (χ1v) is 6.51. The third kappa shape index (κ3) is 2.20. The van der Waals surface area contributed by atoms with Gasteiger partial charge in [0, 0.05) is 12.4 Å². The smallest absolute Gasteiger partial charge is 0.168 e. The highest BCUT2D eigenvalue weighted by atomic mass is 19.1. The van der Waals surface area contributed by atoms with Gasteiger partial charge in [-0.15, -0.1) is 0 Å². The maximum absolute atomic E-state index is 14.2. The van der Waals surface area contributed by atoms with Crippen molar-refractivity contribution in [2.75, 3.05) is 12.4 Å². The molecule has 21 heavy (non-hydrogen) atoms. The lowest BCUT2D eigenvalue weighted by atomic mass is 10.1. The lowest BCUT2D eigenvalue weighted by Crippen LogP contribution is -2.02. The fraction of sp³-hybridized carbons (Fsp3) is 0.125. The van der Waals surface area contributed by atoms with Crippen molar-refractivity contribution in [3.63, 3.8) is 0 Å². The van der Waals surface area contributed by atoms with E-state index in [1.807, 2.05) is 18.2 Å². The summed E-state index contributed by atoms with van der Waals surface area (Å²) in [6.07, 6.45) is 0. The summed E-state index contributed by atoms with van der Waals surface area (Å²) in [5, 5.41) is 3.74. The highest BCUT2D eigenvalue weighted by Gasteiger charge is 2.18. The van der Waals surface area contributed by atoms with Gasteiger partial charge in [-0.2, -0.15) is 0 Å². The number of halogens is 2. The second kappa shape index (κ2) is 5.09. The minimum absolute atomic E-state index is 0.0387. The molecule has 0 aliphatic heterocycles. The number of hydrogen-bond donors (Lipinski definition) is 1. The van der Waals surface area contributed by atoms with E-state index in [0.29, 0.717) is 16.9 Å². The summed E-state index contributed by atoms with van der Waals surface area (Å²) in [6.45, 7) is 1.58. The van der Waals surface area contributed by atoms with E-state index in [2.05, 4.69) is 15.3 Å². The van der Waals surface area contributed by atoms with Crippen molar-refractivity contribution < 1.29 is 8.78 Å². The molecule has 0 spiro atoms. The van der Waals surface area contributed by atoms with E-state index in [-0.39, 0.29) is 11.4 Å². The van der Waals surface area contributed by atoms with E-state index in [9.17, 15) is 8.78 Å². The van der Waals surface area contributed by atoms with Crippen LogP contribution in [-0.2, 0) is 0 Å². The highest BCUT2D eigenvalue weighted by molar-refractivity contribution is 5.90. The number of nitrogens with zero attached hydrogens (tertiary/aromatic N) is 2. The zero-order chi connectivity index (χ0) is 15.0. The molecule has 3 nitrogen and oxygen atoms in total. The van der Waals surface area contributed by atoms with Gasteiger partial charge in [0.25, 0.3) is 0 Å². The number of aryl methyl sites for hydroxylation is 1. The minimum Gasteiger partial charge on any atom is -0.373 e. The van der Waals surface area contributed by atoms with Crippen LogP contribution in [0.1, 0.15) is 5.56 Å². The average molecular weight is 285 g/mol. The van der Waals surface area contributed by atoms with Crippen molar-refractivity contribution in [1.29, 1.82) is 0 Å². The average Bonchev–Trinajstić information content (AvgIpc) is 2.50. The monoisotopic (exact) mass is 285 g/mol. The fourth-order valence-corrected chi connectivity index (χ4v) is 2.24. The van der Waals surface area contributed by atoms with Gasteiger partial charge < -0.3 is 5.32 Å². The molecular weight excluding hydrogens is 272 g/mol. The number of aromatic nitrogens is 2. The van der Waals surface area contributed by atoms with Crippen molar-refractivity contribution in [2.24, 2.45) is 0 Å². The van der Waals surface area contributed by atoms with Crippen molar-refractivity contribution in [2.45, 2.75) is 6.92 Å². The summed E-state index contributed by atoms with van der Waals surface area (Å²) in [5.74, 6) is -0.726. The Bertz CT molecular complexity index is 831. The molecule has 1 N–H and O–H groups in total. The van der Waals surface area contributed by atoms with Crippen LogP contribution >= 0.6 is 0 Å². The van der Waals surface area contributed by atoms with Crippen molar-refractivity contribution in [3.8, 4) is 11.4 Å². The lowest BCUT2D eigenvalue weighted by molar-refractivity contribution is 0.582. The Morgan fingerprint density at radius 1 is 1.00 bits per heavy atom. The van der Waals surface area contributed by atoms with Crippen molar-refractivity contribution >= 4 is 16.7 Å². The first-order valence-electron chi connectivity index (χ1n) is 6.51. The van der Waals surface area contributed by atoms with E-state index in [4.69, 9.17) is 0 Å². The molecule has 0 saturated carbocycles. The second-order valence-electron chi connectivity index (χ2n) is 4.72. The van der Waals surface area contributed by atoms with Gasteiger partial charge in [0.05, 0.1) is 11.1 Å². The van der Waals surface area contributed by atoms with Crippen LogP contribution in [0.4, 0.5) is 14.6 Å². The van der Waals surface area contributed by atoms with Crippen LogP contribution < -0.4 is 5.32 Å². The third-order valence-electron chi connectivity index (χ3n) is 3.35. The molecule has 3 rings (SSSR count). The Balaban J connectivity index is 2.34. The third-order valence-corrected chi connectivity index (χ3v) is 3.35. The standard InChI is InChI=1S/C16H13F2N3/c1-9-7-8-11(17)13(14(9)18)16-20-12-6-4-3-5-10(12)15(19-2)21-16/h3-8H,1-2H3,(H,19,20,21). The number of nitrogens with one attached hydrogen (secondary N) is 1. The van der Waals surface area contributed by atoms with Crippen LogP contribution in [0, 0.1) is 18.6 Å². The van der Waals surface area contributed by atoms with Crippen LogP contribution in [0.25, 0.3) is 22.3 Å². The first kappa shape index (κ1) is 13.4. The zero-order valence-electron chi connectivity index (χ0n) is 11.6. The summed E-state index contributed by atoms with van der Waals surface area (Å²) < 4.78 is 28.3. The molecule has 1 heterocycles. The number of hydrogen-bond acceptors (Lipinski definition) is 3. The number of rotatable bonds is 2. The molecule has 0 aliphatic carbocycles. The van der Waals surface area contributed by atoms with E-state index >= 15 is 0 Å². The van der Waals surface area contributed by atoms with Gasteiger partial charge in [0.1, 0.15) is 17.5 Å². The molecule has 0 amide bonds. The van der Waals surface area contributed by atoms with Crippen LogP contribution in [0.3, 0.4) is 0 Å². The molecule has 0 unspecified atom stereocenters. The first-order chi connectivity index (χ1) is 10.1. The van der Waals surface area contributed by atoms with Crippen molar-refractivity contribution in [1.82, 2.24) is 9.97 Å². The molecule has 0 saturated heterocycles. The van der Waals surface area contributed by atoms with Gasteiger partial charge in [-0.1, -0.05) is 18.2 Å². The Morgan fingerprint density at radius 2 is 1.76 bits per heavy atom. The van der Waals surface area contributed by atoms with Crippen LogP contribution in [0.2, 0.25) is 0 Å². The number of anilines is 1. The molecule has 0 fully saturated rings. The predicted molar refractivity (Wildman–Crippen MR) is 79.2 cm³/mol. The van der Waals surface area contributed by atoms with Gasteiger partial charge in [-0.3, -0.25) is 0 Å². The largest absolute Gasteiger partial charge is 0.373 e. The topological polar surface area (TPSA) is 37.8 Å². The summed E-state index contributed by atoms with van der Waals surface area (Å²) in [6, 6.07) is 9.95. The summed E-state index contributed by atoms with van der Waals surface area (Å²) in [5.41, 5.74) is 0.790. The Morgan fingerprint density at radius 3 is 2.52 bits per heavy atom. The van der Waals surface area contributed by atoms with E-state index in [0.717, 1.165) is 5.39 Å². The van der Waals surface area contributed by atoms with Gasteiger partial charge in [-0.25, -0.2) is 18.7 Å². The van der Waals surface area contributed by atoms with Gasteiger partial charge in [0.2, 0.25) is 0 Å². The van der Waals surface area contributed by atoms with E-state index in [1.165, 1.54) is 12.1 Å². The summed E-state index contributed by atoms with van der Waals surface area (Å²) in [4.78, 5) is 8.54.